The third-order valence-electron chi connectivity index (χ3n) is 3.73. The molecule has 0 aliphatic carbocycles. The molecule has 1 heterocycles. The Morgan fingerprint density at radius 1 is 1.25 bits per heavy atom. The zero-order chi connectivity index (χ0) is 14.5. The number of amides is 1. The summed E-state index contributed by atoms with van der Waals surface area (Å²) < 4.78 is 0. The second-order valence-electron chi connectivity index (χ2n) is 6.01. The standard InChI is InChI=1S/C16H23ClN2O/c1-12-9-13(2)11-19(10-12)8-7-16(20)18-15-5-3-14(17)4-6-15/h3-6,12-13H,7-11H2,1-2H3,(H,18,20)/t12-,13-/m1/s1. The summed E-state index contributed by atoms with van der Waals surface area (Å²) in [5, 5.41) is 3.59. The van der Waals surface area contributed by atoms with E-state index in [-0.39, 0.29) is 5.91 Å². The van der Waals surface area contributed by atoms with E-state index >= 15 is 0 Å². The molecule has 2 rings (SSSR count). The number of likely N-dealkylation sites (tertiary alicyclic amines) is 1. The van der Waals surface area contributed by atoms with Crippen molar-refractivity contribution >= 4 is 23.2 Å². The molecule has 1 aromatic carbocycles. The first kappa shape index (κ1) is 15.3. The van der Waals surface area contributed by atoms with Crippen LogP contribution in [0.15, 0.2) is 24.3 Å². The van der Waals surface area contributed by atoms with Crippen molar-refractivity contribution in [1.29, 1.82) is 0 Å². The smallest absolute Gasteiger partial charge is 0.225 e. The summed E-state index contributed by atoms with van der Waals surface area (Å²) >= 11 is 5.82. The SMILES string of the molecule is C[C@@H]1C[C@@H](C)CN(CCC(=O)Nc2ccc(Cl)cc2)C1. The number of carbonyl (C=O) groups excluding carboxylic acids is 1. The van der Waals surface area contributed by atoms with E-state index in [0.29, 0.717) is 11.4 Å². The Labute approximate surface area is 126 Å². The van der Waals surface area contributed by atoms with Crippen LogP contribution in [-0.4, -0.2) is 30.4 Å². The number of anilines is 1. The number of benzene rings is 1. The number of nitrogens with zero attached hydrogens (tertiary/aromatic N) is 1. The lowest BCUT2D eigenvalue weighted by Crippen LogP contribution is -2.40. The first-order valence-electron chi connectivity index (χ1n) is 7.30. The van der Waals surface area contributed by atoms with E-state index in [1.165, 1.54) is 6.42 Å². The highest BCUT2D eigenvalue weighted by molar-refractivity contribution is 6.30. The highest BCUT2D eigenvalue weighted by Crippen LogP contribution is 2.21. The maximum Gasteiger partial charge on any atom is 0.225 e. The molecule has 4 heteroatoms. The van der Waals surface area contributed by atoms with Crippen molar-refractivity contribution in [2.24, 2.45) is 11.8 Å². The molecule has 1 amide bonds. The molecule has 0 aromatic heterocycles. The van der Waals surface area contributed by atoms with Crippen LogP contribution >= 0.6 is 11.6 Å². The predicted octanol–water partition coefficient (Wildman–Crippen LogP) is 3.65. The Morgan fingerprint density at radius 2 is 1.85 bits per heavy atom. The Bertz CT molecular complexity index is 436. The van der Waals surface area contributed by atoms with Gasteiger partial charge in [0, 0.05) is 36.8 Å². The Kier molecular flexibility index (Phi) is 5.44. The lowest BCUT2D eigenvalue weighted by Gasteiger charge is -2.34. The molecule has 1 aliphatic rings. The molecule has 0 unspecified atom stereocenters. The average molecular weight is 295 g/mol. The van der Waals surface area contributed by atoms with Crippen molar-refractivity contribution in [3.63, 3.8) is 0 Å². The van der Waals surface area contributed by atoms with Crippen LogP contribution in [0.25, 0.3) is 0 Å². The van der Waals surface area contributed by atoms with Gasteiger partial charge in [0.15, 0.2) is 0 Å². The van der Waals surface area contributed by atoms with E-state index in [1.54, 1.807) is 12.1 Å². The maximum atomic E-state index is 11.9. The van der Waals surface area contributed by atoms with Crippen molar-refractivity contribution < 1.29 is 4.79 Å². The van der Waals surface area contributed by atoms with Crippen molar-refractivity contribution in [1.82, 2.24) is 4.90 Å². The predicted molar refractivity (Wildman–Crippen MR) is 84.1 cm³/mol. The summed E-state index contributed by atoms with van der Waals surface area (Å²) in [7, 11) is 0. The van der Waals surface area contributed by atoms with Crippen LogP contribution in [0.3, 0.4) is 0 Å². The monoisotopic (exact) mass is 294 g/mol. The van der Waals surface area contributed by atoms with Crippen molar-refractivity contribution in [3.8, 4) is 0 Å². The summed E-state index contributed by atoms with van der Waals surface area (Å²) in [5.74, 6) is 1.54. The third-order valence-corrected chi connectivity index (χ3v) is 3.98. The minimum Gasteiger partial charge on any atom is -0.326 e. The van der Waals surface area contributed by atoms with Crippen molar-refractivity contribution in [2.45, 2.75) is 26.7 Å². The van der Waals surface area contributed by atoms with E-state index in [9.17, 15) is 4.79 Å². The number of hydrogen-bond acceptors (Lipinski definition) is 2. The molecule has 2 atom stereocenters. The molecule has 1 fully saturated rings. The van der Waals surface area contributed by atoms with Crippen LogP contribution in [0.5, 0.6) is 0 Å². The lowest BCUT2D eigenvalue weighted by molar-refractivity contribution is -0.116. The van der Waals surface area contributed by atoms with E-state index in [4.69, 9.17) is 11.6 Å². The first-order chi connectivity index (χ1) is 9.52. The fourth-order valence-electron chi connectivity index (χ4n) is 2.99. The number of carbonyl (C=O) groups is 1. The zero-order valence-electron chi connectivity index (χ0n) is 12.2. The molecular formula is C16H23ClN2O. The molecular weight excluding hydrogens is 272 g/mol. The van der Waals surface area contributed by atoms with Crippen LogP contribution < -0.4 is 5.32 Å². The van der Waals surface area contributed by atoms with Gasteiger partial charge < -0.3 is 10.2 Å². The fraction of sp³-hybridized carbons (Fsp3) is 0.562. The van der Waals surface area contributed by atoms with E-state index in [0.717, 1.165) is 37.2 Å². The highest BCUT2D eigenvalue weighted by atomic mass is 35.5. The summed E-state index contributed by atoms with van der Waals surface area (Å²) in [6.07, 6.45) is 1.84. The normalized spacial score (nSPS) is 23.6. The summed E-state index contributed by atoms with van der Waals surface area (Å²) in [5.41, 5.74) is 0.805. The van der Waals surface area contributed by atoms with Gasteiger partial charge in [0.25, 0.3) is 0 Å². The molecule has 1 aliphatic heterocycles. The van der Waals surface area contributed by atoms with Gasteiger partial charge in [0.1, 0.15) is 0 Å². The highest BCUT2D eigenvalue weighted by Gasteiger charge is 2.21. The lowest BCUT2D eigenvalue weighted by atomic mass is 9.92. The summed E-state index contributed by atoms with van der Waals surface area (Å²) in [4.78, 5) is 14.3. The molecule has 1 aromatic rings. The number of nitrogens with one attached hydrogen (secondary N) is 1. The topological polar surface area (TPSA) is 32.3 Å². The third kappa shape index (κ3) is 4.80. The molecule has 20 heavy (non-hydrogen) atoms. The van der Waals surface area contributed by atoms with Gasteiger partial charge in [-0.25, -0.2) is 0 Å². The Morgan fingerprint density at radius 3 is 2.45 bits per heavy atom. The fourth-order valence-corrected chi connectivity index (χ4v) is 3.12. The minimum absolute atomic E-state index is 0.0678. The molecule has 1 N–H and O–H groups in total. The molecule has 1 saturated heterocycles. The van der Waals surface area contributed by atoms with Crippen molar-refractivity contribution in [3.05, 3.63) is 29.3 Å². The number of piperidine rings is 1. The van der Waals surface area contributed by atoms with Gasteiger partial charge in [-0.2, -0.15) is 0 Å². The second-order valence-corrected chi connectivity index (χ2v) is 6.45. The minimum atomic E-state index is 0.0678. The van der Waals surface area contributed by atoms with E-state index in [1.807, 2.05) is 12.1 Å². The Hall–Kier alpha value is -1.06. The van der Waals surface area contributed by atoms with Crippen LogP contribution in [0.1, 0.15) is 26.7 Å². The van der Waals surface area contributed by atoms with Gasteiger partial charge >= 0.3 is 0 Å². The number of rotatable bonds is 4. The maximum absolute atomic E-state index is 11.9. The van der Waals surface area contributed by atoms with Crippen LogP contribution in [0.4, 0.5) is 5.69 Å². The molecule has 0 radical (unpaired) electrons. The van der Waals surface area contributed by atoms with Gasteiger partial charge in [-0.15, -0.1) is 0 Å². The average Bonchev–Trinajstić information content (AvgIpc) is 2.38. The molecule has 0 spiro atoms. The zero-order valence-corrected chi connectivity index (χ0v) is 13.0. The number of hydrogen-bond donors (Lipinski definition) is 1. The van der Waals surface area contributed by atoms with Crippen LogP contribution in [0.2, 0.25) is 5.02 Å². The summed E-state index contributed by atoms with van der Waals surface area (Å²) in [6, 6.07) is 7.22. The van der Waals surface area contributed by atoms with E-state index < -0.39 is 0 Å². The quantitative estimate of drug-likeness (QED) is 0.919. The van der Waals surface area contributed by atoms with Crippen molar-refractivity contribution in [2.75, 3.05) is 25.0 Å². The van der Waals surface area contributed by atoms with Gasteiger partial charge in [-0.1, -0.05) is 25.4 Å². The van der Waals surface area contributed by atoms with Crippen LogP contribution in [-0.2, 0) is 4.79 Å². The molecule has 3 nitrogen and oxygen atoms in total. The molecule has 110 valence electrons. The van der Waals surface area contributed by atoms with Crippen LogP contribution in [0, 0.1) is 11.8 Å². The first-order valence-corrected chi connectivity index (χ1v) is 7.68. The number of halogens is 1. The second kappa shape index (κ2) is 7.09. The summed E-state index contributed by atoms with van der Waals surface area (Å²) in [6.45, 7) is 7.64. The van der Waals surface area contributed by atoms with Gasteiger partial charge in [0.05, 0.1) is 0 Å². The van der Waals surface area contributed by atoms with Gasteiger partial charge in [-0.05, 0) is 42.5 Å². The molecule has 0 bridgehead atoms. The van der Waals surface area contributed by atoms with Gasteiger partial charge in [-0.3, -0.25) is 4.79 Å². The van der Waals surface area contributed by atoms with Gasteiger partial charge in [0.2, 0.25) is 5.91 Å². The molecule has 0 saturated carbocycles. The van der Waals surface area contributed by atoms with E-state index in [2.05, 4.69) is 24.1 Å². The largest absolute Gasteiger partial charge is 0.326 e. The Balaban J connectivity index is 1.76.